The highest BCUT2D eigenvalue weighted by molar-refractivity contribution is 4.99. The molecule has 0 aliphatic carbocycles. The van der Waals surface area contributed by atoms with Gasteiger partial charge in [-0.2, -0.15) is 0 Å². The maximum absolute atomic E-state index is 5.54. The third kappa shape index (κ3) is 5.12. The van der Waals surface area contributed by atoms with Crippen LogP contribution in [-0.4, -0.2) is 33.4 Å². The number of rotatable bonds is 1. The lowest BCUT2D eigenvalue weighted by molar-refractivity contribution is 0.174. The largest absolute Gasteiger partial charge is 0.495 e. The van der Waals surface area contributed by atoms with E-state index in [0.29, 0.717) is 13.2 Å². The number of nitrogens with two attached hydrogens (primary N) is 2. The van der Waals surface area contributed by atoms with Crippen LogP contribution in [0.1, 0.15) is 6.42 Å². The van der Waals surface area contributed by atoms with Crippen LogP contribution in [0, 0.1) is 0 Å². The van der Waals surface area contributed by atoms with Crippen LogP contribution >= 0.6 is 0 Å². The summed E-state index contributed by atoms with van der Waals surface area (Å²) in [6.07, 6.45) is 2.85. The molecule has 4 heteroatoms. The van der Waals surface area contributed by atoms with Gasteiger partial charge in [0.05, 0.1) is 6.54 Å². The molecule has 1 atom stereocenters. The number of hydrogen-bond acceptors (Lipinski definition) is 4. The highest BCUT2D eigenvalue weighted by Gasteiger charge is 2.08. The van der Waals surface area contributed by atoms with Crippen molar-refractivity contribution >= 4 is 0 Å². The Morgan fingerprint density at radius 1 is 1.67 bits per heavy atom. The first-order chi connectivity index (χ1) is 5.74. The Balaban J connectivity index is 0.000000354. The fourth-order valence-corrected chi connectivity index (χ4v) is 0.766. The van der Waals surface area contributed by atoms with Crippen molar-refractivity contribution in [3.05, 3.63) is 11.8 Å². The smallest absolute Gasteiger partial charge is 0.106 e. The van der Waals surface area contributed by atoms with Crippen molar-refractivity contribution in [2.45, 2.75) is 12.5 Å². The topological polar surface area (TPSA) is 70.5 Å². The van der Waals surface area contributed by atoms with E-state index in [1.807, 2.05) is 6.08 Å². The summed E-state index contributed by atoms with van der Waals surface area (Å²) in [7, 11) is 3.25. The van der Waals surface area contributed by atoms with Crippen LogP contribution in [-0.2, 0) is 9.47 Å². The molecule has 1 rings (SSSR count). The second kappa shape index (κ2) is 7.09. The molecule has 0 unspecified atom stereocenters. The Labute approximate surface area is 73.5 Å². The summed E-state index contributed by atoms with van der Waals surface area (Å²) in [5.41, 5.74) is 10.9. The summed E-state index contributed by atoms with van der Waals surface area (Å²) in [6.45, 7) is 1.11. The maximum atomic E-state index is 5.54. The molecule has 0 amide bonds. The average molecular weight is 174 g/mol. The van der Waals surface area contributed by atoms with Crippen molar-refractivity contribution in [2.24, 2.45) is 11.5 Å². The summed E-state index contributed by atoms with van der Waals surface area (Å²) in [5.74, 6) is 0.872. The number of hydrogen-bond donors (Lipinski definition) is 2. The molecular weight excluding hydrogens is 156 g/mol. The van der Waals surface area contributed by atoms with E-state index in [2.05, 4.69) is 4.74 Å². The van der Waals surface area contributed by atoms with Crippen molar-refractivity contribution in [3.63, 3.8) is 0 Å². The van der Waals surface area contributed by atoms with Gasteiger partial charge in [-0.1, -0.05) is 0 Å². The average Bonchev–Trinajstić information content (AvgIpc) is 2.07. The summed E-state index contributed by atoms with van der Waals surface area (Å²) in [4.78, 5) is 0. The molecule has 4 nitrogen and oxygen atoms in total. The first-order valence-electron chi connectivity index (χ1n) is 3.92. The normalized spacial score (nSPS) is 21.7. The van der Waals surface area contributed by atoms with Crippen molar-refractivity contribution in [1.29, 1.82) is 0 Å². The first-order valence-corrected chi connectivity index (χ1v) is 3.92. The lowest BCUT2D eigenvalue weighted by Gasteiger charge is -2.18. The van der Waals surface area contributed by atoms with Crippen LogP contribution in [0.5, 0.6) is 0 Å². The van der Waals surface area contributed by atoms with Crippen molar-refractivity contribution < 1.29 is 9.47 Å². The molecule has 1 aliphatic heterocycles. The summed E-state index contributed by atoms with van der Waals surface area (Å²) >= 11 is 0. The Bertz CT molecular complexity index is 137. The monoisotopic (exact) mass is 174 g/mol. The van der Waals surface area contributed by atoms with Gasteiger partial charge in [-0.25, -0.2) is 0 Å². The van der Waals surface area contributed by atoms with E-state index in [1.54, 1.807) is 14.2 Å². The highest BCUT2D eigenvalue weighted by atomic mass is 16.5. The molecule has 0 aromatic carbocycles. The second-order valence-corrected chi connectivity index (χ2v) is 2.59. The van der Waals surface area contributed by atoms with Crippen molar-refractivity contribution in [1.82, 2.24) is 0 Å². The van der Waals surface area contributed by atoms with Gasteiger partial charge < -0.3 is 20.9 Å². The molecule has 0 aromatic rings. The predicted molar refractivity (Wildman–Crippen MR) is 48.6 cm³/mol. The quantitative estimate of drug-likeness (QED) is 0.579. The van der Waals surface area contributed by atoms with E-state index in [4.69, 9.17) is 16.2 Å². The van der Waals surface area contributed by atoms with Gasteiger partial charge in [0.1, 0.15) is 12.4 Å². The van der Waals surface area contributed by atoms with Crippen molar-refractivity contribution in [2.75, 3.05) is 27.4 Å². The van der Waals surface area contributed by atoms with E-state index in [9.17, 15) is 0 Å². The molecule has 12 heavy (non-hydrogen) atoms. The maximum Gasteiger partial charge on any atom is 0.106 e. The lowest BCUT2D eigenvalue weighted by atomic mass is 10.2. The van der Waals surface area contributed by atoms with Gasteiger partial charge in [0, 0.05) is 20.3 Å². The number of methoxy groups -OCH3 is 1. The molecule has 0 saturated carbocycles. The summed E-state index contributed by atoms with van der Waals surface area (Å²) < 4.78 is 9.40. The summed E-state index contributed by atoms with van der Waals surface area (Å²) in [6, 6.07) is 0.167. The Kier molecular flexibility index (Phi) is 6.75. The Hall–Kier alpha value is -0.580. The lowest BCUT2D eigenvalue weighted by Crippen LogP contribution is -2.29. The number of ether oxygens (including phenoxy) is 2. The zero-order valence-corrected chi connectivity index (χ0v) is 7.75. The zero-order chi connectivity index (χ0) is 9.40. The Morgan fingerprint density at radius 2 is 2.25 bits per heavy atom. The SMILES string of the molecule is COC.NCC1=CC[C@@H](N)CO1. The minimum atomic E-state index is 0.167. The molecule has 0 spiro atoms. The molecule has 0 radical (unpaired) electrons. The predicted octanol–water partition coefficient (Wildman–Crippen LogP) is -0.161. The molecule has 72 valence electrons. The van der Waals surface area contributed by atoms with E-state index < -0.39 is 0 Å². The standard InChI is InChI=1S/C6H12N2O.C2H6O/c7-3-6-2-1-5(8)4-9-6;1-3-2/h2,5H,1,3-4,7-8H2;1-2H3/t5-;/m1./s1. The third-order valence-corrected chi connectivity index (χ3v) is 1.33. The van der Waals surface area contributed by atoms with Gasteiger partial charge in [-0.3, -0.25) is 0 Å². The molecular formula is C8H18N2O2. The highest BCUT2D eigenvalue weighted by Crippen LogP contribution is 2.06. The third-order valence-electron chi connectivity index (χ3n) is 1.33. The molecule has 1 aliphatic rings. The van der Waals surface area contributed by atoms with Gasteiger partial charge in [0.15, 0.2) is 0 Å². The van der Waals surface area contributed by atoms with Crippen LogP contribution in [0.25, 0.3) is 0 Å². The molecule has 1 heterocycles. The second-order valence-electron chi connectivity index (χ2n) is 2.59. The van der Waals surface area contributed by atoms with Gasteiger partial charge in [0.2, 0.25) is 0 Å². The van der Waals surface area contributed by atoms with Gasteiger partial charge in [0.25, 0.3) is 0 Å². The van der Waals surface area contributed by atoms with Crippen LogP contribution in [0.3, 0.4) is 0 Å². The van der Waals surface area contributed by atoms with E-state index in [-0.39, 0.29) is 6.04 Å². The minimum Gasteiger partial charge on any atom is -0.495 e. The summed E-state index contributed by atoms with van der Waals surface area (Å²) in [5, 5.41) is 0. The van der Waals surface area contributed by atoms with E-state index in [1.165, 1.54) is 0 Å². The molecule has 0 saturated heterocycles. The van der Waals surface area contributed by atoms with Crippen LogP contribution in [0.2, 0.25) is 0 Å². The molecule has 0 fully saturated rings. The van der Waals surface area contributed by atoms with E-state index >= 15 is 0 Å². The van der Waals surface area contributed by atoms with Crippen LogP contribution < -0.4 is 11.5 Å². The van der Waals surface area contributed by atoms with Gasteiger partial charge in [-0.15, -0.1) is 0 Å². The van der Waals surface area contributed by atoms with E-state index in [0.717, 1.165) is 12.2 Å². The van der Waals surface area contributed by atoms with Gasteiger partial charge in [-0.05, 0) is 12.5 Å². The molecule has 0 bridgehead atoms. The van der Waals surface area contributed by atoms with Gasteiger partial charge >= 0.3 is 0 Å². The first kappa shape index (κ1) is 11.4. The van der Waals surface area contributed by atoms with Crippen LogP contribution in [0.4, 0.5) is 0 Å². The fraction of sp³-hybridized carbons (Fsp3) is 0.750. The van der Waals surface area contributed by atoms with Crippen LogP contribution in [0.15, 0.2) is 11.8 Å². The van der Waals surface area contributed by atoms with Crippen molar-refractivity contribution in [3.8, 4) is 0 Å². The molecule has 0 aromatic heterocycles. The zero-order valence-electron chi connectivity index (χ0n) is 7.75. The Morgan fingerprint density at radius 3 is 2.58 bits per heavy atom. The minimum absolute atomic E-state index is 0.167. The fourth-order valence-electron chi connectivity index (χ4n) is 0.766. The molecule has 4 N–H and O–H groups in total.